The van der Waals surface area contributed by atoms with Crippen LogP contribution in [0.3, 0.4) is 0 Å². The molecule has 0 amide bonds. The van der Waals surface area contributed by atoms with E-state index >= 15 is 0 Å². The fraction of sp³-hybridized carbons (Fsp3) is 0.462. The first-order valence-corrected chi connectivity index (χ1v) is 5.75. The summed E-state index contributed by atoms with van der Waals surface area (Å²) in [5.74, 6) is -0.913. The predicted molar refractivity (Wildman–Crippen MR) is 68.5 cm³/mol. The second-order valence-electron chi connectivity index (χ2n) is 4.30. The molecule has 0 atom stereocenters. The number of phenols is 1. The first-order chi connectivity index (χ1) is 8.45. The van der Waals surface area contributed by atoms with Crippen molar-refractivity contribution < 1.29 is 19.7 Å². The smallest absolute Gasteiger partial charge is 0.336 e. The van der Waals surface area contributed by atoms with Crippen LogP contribution in [0.2, 0.25) is 0 Å². The van der Waals surface area contributed by atoms with Crippen LogP contribution in [0.15, 0.2) is 12.1 Å². The van der Waals surface area contributed by atoms with Gasteiger partial charge < -0.3 is 19.8 Å². The molecule has 2 N–H and O–H groups in total. The topological polar surface area (TPSA) is 70.0 Å². The van der Waals surface area contributed by atoms with Crippen molar-refractivity contribution in [1.82, 2.24) is 4.90 Å². The number of carboxylic acids is 1. The van der Waals surface area contributed by atoms with Crippen LogP contribution in [0.5, 0.6) is 11.5 Å². The lowest BCUT2D eigenvalue weighted by atomic mass is 10.1. The summed E-state index contributed by atoms with van der Waals surface area (Å²) in [6, 6.07) is 2.66. The zero-order chi connectivity index (χ0) is 13.7. The summed E-state index contributed by atoms with van der Waals surface area (Å²) in [5.41, 5.74) is 0.639. The Balaban J connectivity index is 0.000000269. The number of methoxy groups -OCH3 is 1. The molecule has 1 aliphatic rings. The van der Waals surface area contributed by atoms with Crippen LogP contribution in [-0.2, 0) is 0 Å². The second-order valence-corrected chi connectivity index (χ2v) is 4.30. The van der Waals surface area contributed by atoms with Crippen molar-refractivity contribution in [3.63, 3.8) is 0 Å². The second kappa shape index (κ2) is 6.26. The number of ether oxygens (including phenoxy) is 1. The fourth-order valence-electron chi connectivity index (χ4n) is 1.54. The largest absolute Gasteiger partial charge is 0.504 e. The standard InChI is InChI=1S/C9H10O4.C4H9N/c1-5-3-7(10)8(13-2)4-6(5)9(11)12;1-5-3-2-4-5/h3-4,10H,1-2H3,(H,11,12);2-4H2,1H3. The highest BCUT2D eigenvalue weighted by Crippen LogP contribution is 2.28. The lowest BCUT2D eigenvalue weighted by molar-refractivity contribution is 0.0695. The molecule has 5 heteroatoms. The van der Waals surface area contributed by atoms with Crippen molar-refractivity contribution in [3.05, 3.63) is 23.3 Å². The zero-order valence-electron chi connectivity index (χ0n) is 10.9. The molecule has 0 radical (unpaired) electrons. The highest BCUT2D eigenvalue weighted by molar-refractivity contribution is 5.90. The molecule has 0 bridgehead atoms. The molecule has 1 aromatic rings. The summed E-state index contributed by atoms with van der Waals surface area (Å²) >= 11 is 0. The molecule has 5 nitrogen and oxygen atoms in total. The Morgan fingerprint density at radius 3 is 2.28 bits per heavy atom. The Labute approximate surface area is 107 Å². The fourth-order valence-corrected chi connectivity index (χ4v) is 1.54. The van der Waals surface area contributed by atoms with Gasteiger partial charge in [0.2, 0.25) is 0 Å². The van der Waals surface area contributed by atoms with Gasteiger partial charge in [-0.3, -0.25) is 0 Å². The van der Waals surface area contributed by atoms with Gasteiger partial charge in [-0.25, -0.2) is 4.79 Å². The number of rotatable bonds is 2. The third-order valence-corrected chi connectivity index (χ3v) is 2.84. The molecule has 1 heterocycles. The van der Waals surface area contributed by atoms with E-state index in [1.807, 2.05) is 0 Å². The number of hydrogen-bond donors (Lipinski definition) is 2. The van der Waals surface area contributed by atoms with Crippen molar-refractivity contribution >= 4 is 5.97 Å². The van der Waals surface area contributed by atoms with Gasteiger partial charge in [0.05, 0.1) is 12.7 Å². The molecule has 0 unspecified atom stereocenters. The van der Waals surface area contributed by atoms with Gasteiger partial charge in [0, 0.05) is 0 Å². The van der Waals surface area contributed by atoms with E-state index in [0.29, 0.717) is 5.56 Å². The van der Waals surface area contributed by atoms with Crippen LogP contribution in [0, 0.1) is 6.92 Å². The molecule has 100 valence electrons. The average Bonchev–Trinajstić information content (AvgIpc) is 2.27. The molecule has 1 aliphatic heterocycles. The highest BCUT2D eigenvalue weighted by Gasteiger charge is 2.11. The molecule has 0 aliphatic carbocycles. The summed E-state index contributed by atoms with van der Waals surface area (Å²) in [5, 5.41) is 18.0. The third-order valence-electron chi connectivity index (χ3n) is 2.84. The maximum atomic E-state index is 10.7. The number of benzene rings is 1. The van der Waals surface area contributed by atoms with Gasteiger partial charge in [0.25, 0.3) is 0 Å². The lowest BCUT2D eigenvalue weighted by Gasteiger charge is -2.24. The van der Waals surface area contributed by atoms with Crippen molar-refractivity contribution in [3.8, 4) is 11.5 Å². The molecular formula is C13H19NO4. The van der Waals surface area contributed by atoms with E-state index in [2.05, 4.69) is 11.9 Å². The monoisotopic (exact) mass is 253 g/mol. The van der Waals surface area contributed by atoms with Crippen LogP contribution < -0.4 is 4.74 Å². The molecule has 1 fully saturated rings. The maximum absolute atomic E-state index is 10.7. The van der Waals surface area contributed by atoms with Crippen LogP contribution in [0.1, 0.15) is 22.3 Å². The van der Waals surface area contributed by atoms with Gasteiger partial charge in [-0.05, 0) is 51.2 Å². The number of likely N-dealkylation sites (tertiary alicyclic amines) is 1. The van der Waals surface area contributed by atoms with E-state index in [-0.39, 0.29) is 17.1 Å². The molecule has 0 spiro atoms. The maximum Gasteiger partial charge on any atom is 0.336 e. The SMILES string of the molecule is CN1CCC1.COc1cc(C(=O)O)c(C)cc1O. The number of carbonyl (C=O) groups is 1. The molecule has 1 aromatic carbocycles. The Hall–Kier alpha value is -1.75. The van der Waals surface area contributed by atoms with Gasteiger partial charge in [-0.2, -0.15) is 0 Å². The zero-order valence-corrected chi connectivity index (χ0v) is 10.9. The number of aromatic carboxylic acids is 1. The van der Waals surface area contributed by atoms with Gasteiger partial charge in [0.15, 0.2) is 11.5 Å². The van der Waals surface area contributed by atoms with E-state index < -0.39 is 5.97 Å². The molecular weight excluding hydrogens is 234 g/mol. The predicted octanol–water partition coefficient (Wildman–Crippen LogP) is 1.73. The normalized spacial score (nSPS) is 14.2. The van der Waals surface area contributed by atoms with Crippen molar-refractivity contribution in [2.45, 2.75) is 13.3 Å². The highest BCUT2D eigenvalue weighted by atomic mass is 16.5. The van der Waals surface area contributed by atoms with E-state index in [1.165, 1.54) is 38.8 Å². The Kier molecular flexibility index (Phi) is 4.97. The number of aromatic hydroxyl groups is 1. The van der Waals surface area contributed by atoms with Crippen LogP contribution >= 0.6 is 0 Å². The number of nitrogens with zero attached hydrogens (tertiary/aromatic N) is 1. The van der Waals surface area contributed by atoms with E-state index in [9.17, 15) is 9.90 Å². The van der Waals surface area contributed by atoms with E-state index in [4.69, 9.17) is 9.84 Å². The Bertz CT molecular complexity index is 427. The Morgan fingerprint density at radius 1 is 1.39 bits per heavy atom. The van der Waals surface area contributed by atoms with Crippen molar-refractivity contribution in [2.75, 3.05) is 27.2 Å². The average molecular weight is 253 g/mol. The first-order valence-electron chi connectivity index (χ1n) is 5.75. The molecule has 2 rings (SSSR count). The van der Waals surface area contributed by atoms with Gasteiger partial charge >= 0.3 is 5.97 Å². The Morgan fingerprint density at radius 2 is 1.94 bits per heavy atom. The number of carboxylic acid groups (broad SMARTS) is 1. The summed E-state index contributed by atoms with van der Waals surface area (Å²) in [7, 11) is 3.51. The van der Waals surface area contributed by atoms with Crippen LogP contribution in [0.25, 0.3) is 0 Å². The minimum absolute atomic E-state index is 0.0509. The van der Waals surface area contributed by atoms with Crippen molar-refractivity contribution in [2.24, 2.45) is 0 Å². The van der Waals surface area contributed by atoms with Gasteiger partial charge in [-0.1, -0.05) is 0 Å². The summed E-state index contributed by atoms with van der Waals surface area (Å²) in [6.07, 6.45) is 1.41. The third kappa shape index (κ3) is 3.63. The summed E-state index contributed by atoms with van der Waals surface area (Å²) in [4.78, 5) is 13.0. The molecule has 0 saturated carbocycles. The number of hydrogen-bond acceptors (Lipinski definition) is 4. The minimum Gasteiger partial charge on any atom is -0.504 e. The lowest BCUT2D eigenvalue weighted by Crippen LogP contribution is -2.32. The van der Waals surface area contributed by atoms with E-state index in [0.717, 1.165) is 0 Å². The van der Waals surface area contributed by atoms with Crippen molar-refractivity contribution in [1.29, 1.82) is 0 Å². The quantitative estimate of drug-likeness (QED) is 0.840. The summed E-state index contributed by atoms with van der Waals surface area (Å²) in [6.45, 7) is 4.25. The first kappa shape index (κ1) is 14.3. The van der Waals surface area contributed by atoms with E-state index in [1.54, 1.807) is 6.92 Å². The summed E-state index contributed by atoms with van der Waals surface area (Å²) < 4.78 is 4.78. The van der Waals surface area contributed by atoms with Gasteiger partial charge in [0.1, 0.15) is 0 Å². The molecule has 1 saturated heterocycles. The number of phenolic OH excluding ortho intramolecular Hbond substituents is 1. The van der Waals surface area contributed by atoms with Crippen LogP contribution in [-0.4, -0.2) is 48.3 Å². The van der Waals surface area contributed by atoms with Crippen LogP contribution in [0.4, 0.5) is 0 Å². The minimum atomic E-state index is -1.03. The molecule has 18 heavy (non-hydrogen) atoms. The molecule has 0 aromatic heterocycles. The van der Waals surface area contributed by atoms with Gasteiger partial charge in [-0.15, -0.1) is 0 Å². The number of aryl methyl sites for hydroxylation is 1.